The number of aliphatic hydroxyl groups is 1. The van der Waals surface area contributed by atoms with E-state index in [1.165, 1.54) is 31.2 Å². The van der Waals surface area contributed by atoms with E-state index in [9.17, 15) is 24.6 Å². The number of aromatic hydroxyl groups is 1. The van der Waals surface area contributed by atoms with Crippen molar-refractivity contribution >= 4 is 17.7 Å². The van der Waals surface area contributed by atoms with Gasteiger partial charge in [0.2, 0.25) is 0 Å². The predicted octanol–water partition coefficient (Wildman–Crippen LogP) is 3.92. The zero-order valence-electron chi connectivity index (χ0n) is 19.9. The van der Waals surface area contributed by atoms with Crippen LogP contribution in [0.15, 0.2) is 84.9 Å². The van der Waals surface area contributed by atoms with Crippen LogP contribution in [0.25, 0.3) is 0 Å². The van der Waals surface area contributed by atoms with Gasteiger partial charge in [0.25, 0.3) is 0 Å². The molecule has 0 aromatic heterocycles. The molecule has 0 radical (unpaired) electrons. The highest BCUT2D eigenvalue weighted by molar-refractivity contribution is 6.02. The molecule has 7 heteroatoms. The third-order valence-corrected chi connectivity index (χ3v) is 6.50. The number of rotatable bonds is 7. The quantitative estimate of drug-likeness (QED) is 0.383. The second-order valence-electron chi connectivity index (χ2n) is 9.26. The van der Waals surface area contributed by atoms with Gasteiger partial charge in [-0.05, 0) is 35.7 Å². The summed E-state index contributed by atoms with van der Waals surface area (Å²) in [5.74, 6) is -5.64. The topological polar surface area (TPSA) is 110 Å². The molecule has 4 rings (SSSR count). The van der Waals surface area contributed by atoms with Crippen LogP contribution < -0.4 is 0 Å². The maximum atomic E-state index is 13.4. The van der Waals surface area contributed by atoms with E-state index in [0.717, 1.165) is 11.1 Å². The molecule has 0 bridgehead atoms. The minimum atomic E-state index is -1.76. The number of carbonyl (C=O) groups is 3. The molecule has 36 heavy (non-hydrogen) atoms. The lowest BCUT2D eigenvalue weighted by Gasteiger charge is -2.43. The molecule has 0 spiro atoms. The first kappa shape index (κ1) is 25.1. The zero-order valence-corrected chi connectivity index (χ0v) is 19.9. The molecule has 2 N–H and O–H groups in total. The van der Waals surface area contributed by atoms with Crippen molar-refractivity contribution in [1.29, 1.82) is 0 Å². The SMILES string of the molecule is C[C@]1(O)CC(=O)[C@H](C(=O)OCc2ccccc2)[C@@H](c2ccc(O)cc2)[C@@H]1C(=O)OCc1ccccc1. The Labute approximate surface area is 209 Å². The second kappa shape index (κ2) is 10.7. The average Bonchev–Trinajstić information content (AvgIpc) is 2.86. The first-order chi connectivity index (χ1) is 17.3. The molecule has 4 atom stereocenters. The molecule has 0 aliphatic heterocycles. The third-order valence-electron chi connectivity index (χ3n) is 6.50. The number of carbonyl (C=O) groups excluding carboxylic acids is 3. The minimum Gasteiger partial charge on any atom is -0.508 e. The molecule has 186 valence electrons. The molecular weight excluding hydrogens is 460 g/mol. The maximum absolute atomic E-state index is 13.4. The van der Waals surface area contributed by atoms with Crippen LogP contribution in [0.2, 0.25) is 0 Å². The van der Waals surface area contributed by atoms with Gasteiger partial charge in [0.15, 0.2) is 5.78 Å². The summed E-state index contributed by atoms with van der Waals surface area (Å²) in [6.45, 7) is 1.34. The Balaban J connectivity index is 1.66. The number of hydrogen-bond acceptors (Lipinski definition) is 7. The Morgan fingerprint density at radius 2 is 1.33 bits per heavy atom. The van der Waals surface area contributed by atoms with E-state index in [1.54, 1.807) is 24.3 Å². The van der Waals surface area contributed by atoms with Crippen LogP contribution in [0.1, 0.15) is 36.0 Å². The summed E-state index contributed by atoms with van der Waals surface area (Å²) in [7, 11) is 0. The smallest absolute Gasteiger partial charge is 0.317 e. The zero-order chi connectivity index (χ0) is 25.7. The summed E-state index contributed by atoms with van der Waals surface area (Å²) in [5.41, 5.74) is 0.187. The lowest BCUT2D eigenvalue weighted by Crippen LogP contribution is -2.55. The summed E-state index contributed by atoms with van der Waals surface area (Å²) in [6.07, 6.45) is -0.405. The fourth-order valence-corrected chi connectivity index (χ4v) is 4.75. The van der Waals surface area contributed by atoms with Crippen molar-refractivity contribution in [2.24, 2.45) is 11.8 Å². The van der Waals surface area contributed by atoms with Crippen LogP contribution in [-0.2, 0) is 37.1 Å². The van der Waals surface area contributed by atoms with Gasteiger partial charge in [-0.25, -0.2) is 0 Å². The highest BCUT2D eigenvalue weighted by Gasteiger charge is 2.57. The van der Waals surface area contributed by atoms with E-state index < -0.39 is 47.5 Å². The van der Waals surface area contributed by atoms with Gasteiger partial charge in [0.05, 0.1) is 11.5 Å². The minimum absolute atomic E-state index is 0.0148. The van der Waals surface area contributed by atoms with Crippen LogP contribution in [0.5, 0.6) is 5.75 Å². The van der Waals surface area contributed by atoms with Gasteiger partial charge in [-0.15, -0.1) is 0 Å². The van der Waals surface area contributed by atoms with Crippen LogP contribution >= 0.6 is 0 Å². The van der Waals surface area contributed by atoms with Gasteiger partial charge in [0, 0.05) is 12.3 Å². The van der Waals surface area contributed by atoms with Crippen LogP contribution in [0.4, 0.5) is 0 Å². The van der Waals surface area contributed by atoms with Gasteiger partial charge in [-0.3, -0.25) is 14.4 Å². The predicted molar refractivity (Wildman–Crippen MR) is 131 cm³/mol. The first-order valence-corrected chi connectivity index (χ1v) is 11.7. The third kappa shape index (κ3) is 5.63. The van der Waals surface area contributed by atoms with Gasteiger partial charge in [-0.1, -0.05) is 72.8 Å². The van der Waals surface area contributed by atoms with E-state index in [1.807, 2.05) is 36.4 Å². The fraction of sp³-hybridized carbons (Fsp3) is 0.276. The lowest BCUT2D eigenvalue weighted by atomic mass is 9.61. The van der Waals surface area contributed by atoms with Gasteiger partial charge >= 0.3 is 11.9 Å². The second-order valence-corrected chi connectivity index (χ2v) is 9.26. The van der Waals surface area contributed by atoms with Crippen molar-refractivity contribution in [3.8, 4) is 5.75 Å². The van der Waals surface area contributed by atoms with E-state index in [2.05, 4.69) is 0 Å². The highest BCUT2D eigenvalue weighted by atomic mass is 16.5. The lowest BCUT2D eigenvalue weighted by molar-refractivity contribution is -0.174. The fourth-order valence-electron chi connectivity index (χ4n) is 4.75. The Morgan fingerprint density at radius 1 is 0.833 bits per heavy atom. The number of phenolic OH excluding ortho intramolecular Hbond substituents is 1. The van der Waals surface area contributed by atoms with Crippen LogP contribution in [0, 0.1) is 11.8 Å². The molecule has 0 amide bonds. The summed E-state index contributed by atoms with van der Waals surface area (Å²) in [4.78, 5) is 39.9. The molecule has 1 aliphatic rings. The van der Waals surface area contributed by atoms with Crippen molar-refractivity contribution in [3.05, 3.63) is 102 Å². The summed E-state index contributed by atoms with van der Waals surface area (Å²) < 4.78 is 11.1. The number of esters is 2. The first-order valence-electron chi connectivity index (χ1n) is 11.7. The monoisotopic (exact) mass is 488 g/mol. The molecule has 1 fully saturated rings. The summed E-state index contributed by atoms with van der Waals surface area (Å²) >= 11 is 0. The van der Waals surface area contributed by atoms with Gasteiger partial charge < -0.3 is 19.7 Å². The van der Waals surface area contributed by atoms with Crippen LogP contribution in [-0.4, -0.2) is 33.5 Å². The van der Waals surface area contributed by atoms with E-state index in [4.69, 9.17) is 9.47 Å². The number of ether oxygens (including phenoxy) is 2. The van der Waals surface area contributed by atoms with E-state index in [0.29, 0.717) is 5.56 Å². The molecule has 3 aromatic rings. The largest absolute Gasteiger partial charge is 0.508 e. The average molecular weight is 489 g/mol. The van der Waals surface area contributed by atoms with E-state index >= 15 is 0 Å². The number of hydrogen-bond donors (Lipinski definition) is 2. The molecule has 3 aromatic carbocycles. The highest BCUT2D eigenvalue weighted by Crippen LogP contribution is 2.47. The number of ketones is 1. The molecule has 1 aliphatic carbocycles. The number of phenols is 1. The van der Waals surface area contributed by atoms with Crippen LogP contribution in [0.3, 0.4) is 0 Å². The molecular formula is C29H28O7. The van der Waals surface area contributed by atoms with Gasteiger partial charge in [-0.2, -0.15) is 0 Å². The Bertz CT molecular complexity index is 1200. The Morgan fingerprint density at radius 3 is 1.86 bits per heavy atom. The van der Waals surface area contributed by atoms with Gasteiger partial charge in [0.1, 0.15) is 24.9 Å². The normalized spacial score (nSPS) is 23.6. The molecule has 7 nitrogen and oxygen atoms in total. The Hall–Kier alpha value is -3.97. The van der Waals surface area contributed by atoms with E-state index in [-0.39, 0.29) is 19.0 Å². The molecule has 0 saturated heterocycles. The molecule has 0 heterocycles. The number of Topliss-reactive ketones (excluding diaryl/α,β-unsaturated/α-hetero) is 1. The van der Waals surface area contributed by atoms with Crippen molar-refractivity contribution in [2.75, 3.05) is 0 Å². The summed E-state index contributed by atoms with van der Waals surface area (Å²) in [6, 6.07) is 24.0. The van der Waals surface area contributed by atoms with Crippen molar-refractivity contribution in [1.82, 2.24) is 0 Å². The molecule has 0 unspecified atom stereocenters. The Kier molecular flexibility index (Phi) is 7.50. The summed E-state index contributed by atoms with van der Waals surface area (Å²) in [5, 5.41) is 21.0. The van der Waals surface area contributed by atoms with Crippen molar-refractivity contribution < 1.29 is 34.1 Å². The standard InChI is InChI=1S/C29H28O7/c1-29(34)16-23(31)25(27(32)35-17-19-8-4-2-5-9-19)24(21-12-14-22(30)15-13-21)26(29)28(33)36-18-20-10-6-3-7-11-20/h2-15,24-26,30,34H,16-18H2,1H3/t24-,25+,26-,29+/m1/s1. The maximum Gasteiger partial charge on any atom is 0.317 e. The molecule has 1 saturated carbocycles. The number of benzene rings is 3. The van der Waals surface area contributed by atoms with Crippen molar-refractivity contribution in [2.45, 2.75) is 38.1 Å². The van der Waals surface area contributed by atoms with Crippen molar-refractivity contribution in [3.63, 3.8) is 0 Å².